The van der Waals surface area contributed by atoms with Gasteiger partial charge in [-0.15, -0.1) is 0 Å². The van der Waals surface area contributed by atoms with Gasteiger partial charge in [-0.25, -0.2) is 4.79 Å². The highest BCUT2D eigenvalue weighted by molar-refractivity contribution is 5.97. The summed E-state index contributed by atoms with van der Waals surface area (Å²) < 4.78 is 15.9. The molecule has 0 saturated heterocycles. The maximum absolute atomic E-state index is 12.4. The summed E-state index contributed by atoms with van der Waals surface area (Å²) in [7, 11) is 0. The normalized spacial score (nSPS) is 13.5. The van der Waals surface area contributed by atoms with E-state index >= 15 is 0 Å². The Kier molecular flexibility index (Phi) is 3.92. The molecule has 2 N–H and O–H groups in total. The molecule has 0 spiro atoms. The summed E-state index contributed by atoms with van der Waals surface area (Å²) in [5.41, 5.74) is 1.69. The van der Waals surface area contributed by atoms with E-state index in [1.54, 1.807) is 36.5 Å². The van der Waals surface area contributed by atoms with Crippen LogP contribution >= 0.6 is 0 Å². The largest absolute Gasteiger partial charge is 0.480 e. The lowest BCUT2D eigenvalue weighted by atomic mass is 10.1. The average molecular weight is 354 g/mol. The summed E-state index contributed by atoms with van der Waals surface area (Å²) in [4.78, 5) is 28.0. The van der Waals surface area contributed by atoms with Crippen molar-refractivity contribution in [3.8, 4) is 11.5 Å². The van der Waals surface area contributed by atoms with Gasteiger partial charge < -0.3 is 24.3 Å². The predicted molar refractivity (Wildman–Crippen MR) is 89.2 cm³/mol. The maximum Gasteiger partial charge on any atom is 0.326 e. The molecule has 0 bridgehead atoms. The molecule has 3 aromatic rings. The molecule has 1 aliphatic heterocycles. The first-order chi connectivity index (χ1) is 12.6. The van der Waals surface area contributed by atoms with Crippen LogP contribution in [0.4, 0.5) is 0 Å². The van der Waals surface area contributed by atoms with Crippen LogP contribution in [0.2, 0.25) is 0 Å². The summed E-state index contributed by atoms with van der Waals surface area (Å²) in [5.74, 6) is -0.585. The highest BCUT2D eigenvalue weighted by atomic mass is 16.7. The second-order valence-corrected chi connectivity index (χ2v) is 5.75. The number of nitrogens with one attached hydrogen (secondary N) is 1. The van der Waals surface area contributed by atoms with Crippen molar-refractivity contribution in [2.75, 3.05) is 6.79 Å². The number of benzene rings is 1. The zero-order valence-electron chi connectivity index (χ0n) is 13.5. The Morgan fingerprint density at radius 2 is 2.04 bits per heavy atom. The minimum Gasteiger partial charge on any atom is -0.480 e. The highest BCUT2D eigenvalue weighted by Crippen LogP contribution is 2.32. The number of pyridine rings is 1. The minimum absolute atomic E-state index is 0.00985. The van der Waals surface area contributed by atoms with Crippen molar-refractivity contribution in [2.45, 2.75) is 12.5 Å². The standard InChI is InChI=1S/C18H14N2O6/c21-17(16-8-11-13(26-16)2-1-5-19-11)20-12(18(22)23)6-10-3-4-14-15(7-10)25-9-24-14/h1-5,7-8,12H,6,9H2,(H,20,21)(H,22,23). The first-order valence-electron chi connectivity index (χ1n) is 7.87. The highest BCUT2D eigenvalue weighted by Gasteiger charge is 2.24. The van der Waals surface area contributed by atoms with Crippen LogP contribution in [0.15, 0.2) is 47.0 Å². The number of hydrogen-bond acceptors (Lipinski definition) is 6. The third-order valence-corrected chi connectivity index (χ3v) is 3.99. The molecule has 1 atom stereocenters. The van der Waals surface area contributed by atoms with Gasteiger partial charge in [0.1, 0.15) is 11.6 Å². The third kappa shape index (κ3) is 3.04. The van der Waals surface area contributed by atoms with Crippen LogP contribution in [0.3, 0.4) is 0 Å². The summed E-state index contributed by atoms with van der Waals surface area (Å²) in [6, 6.07) is 8.88. The smallest absolute Gasteiger partial charge is 0.326 e. The first kappa shape index (κ1) is 15.9. The van der Waals surface area contributed by atoms with Gasteiger partial charge in [-0.3, -0.25) is 9.78 Å². The number of carbonyl (C=O) groups excluding carboxylic acids is 1. The lowest BCUT2D eigenvalue weighted by molar-refractivity contribution is -0.139. The molecular formula is C18H14N2O6. The van der Waals surface area contributed by atoms with Crippen molar-refractivity contribution in [3.63, 3.8) is 0 Å². The van der Waals surface area contributed by atoms with E-state index in [2.05, 4.69) is 10.3 Å². The van der Waals surface area contributed by atoms with Crippen LogP contribution in [0.5, 0.6) is 11.5 Å². The molecule has 1 amide bonds. The number of carboxylic acid groups (broad SMARTS) is 1. The van der Waals surface area contributed by atoms with Gasteiger partial charge in [0.05, 0.1) is 0 Å². The number of amides is 1. The molecule has 2 aromatic heterocycles. The average Bonchev–Trinajstić information content (AvgIpc) is 3.27. The van der Waals surface area contributed by atoms with Crippen molar-refractivity contribution in [3.05, 3.63) is 53.9 Å². The van der Waals surface area contributed by atoms with E-state index in [0.29, 0.717) is 28.2 Å². The number of hydrogen-bond donors (Lipinski definition) is 2. The number of carbonyl (C=O) groups is 2. The Balaban J connectivity index is 1.51. The molecule has 1 unspecified atom stereocenters. The fourth-order valence-electron chi connectivity index (χ4n) is 2.71. The number of rotatable bonds is 5. The van der Waals surface area contributed by atoms with Crippen LogP contribution in [0, 0.1) is 0 Å². The molecule has 26 heavy (non-hydrogen) atoms. The Morgan fingerprint density at radius 1 is 1.19 bits per heavy atom. The van der Waals surface area contributed by atoms with Gasteiger partial charge in [0.25, 0.3) is 5.91 Å². The Labute approximate surface area is 147 Å². The van der Waals surface area contributed by atoms with Gasteiger partial charge in [-0.05, 0) is 29.8 Å². The molecule has 0 aliphatic carbocycles. The Hall–Kier alpha value is -3.55. The third-order valence-electron chi connectivity index (χ3n) is 3.99. The summed E-state index contributed by atoms with van der Waals surface area (Å²) in [6.07, 6.45) is 1.68. The van der Waals surface area contributed by atoms with Gasteiger partial charge in [0.15, 0.2) is 22.8 Å². The fourth-order valence-corrected chi connectivity index (χ4v) is 2.71. The SMILES string of the molecule is O=C(NC(Cc1ccc2c(c1)OCO2)C(=O)O)c1cc2ncccc2o1. The van der Waals surface area contributed by atoms with E-state index < -0.39 is 17.9 Å². The second-order valence-electron chi connectivity index (χ2n) is 5.75. The number of fused-ring (bicyclic) bond motifs is 2. The number of nitrogens with zero attached hydrogens (tertiary/aromatic N) is 1. The zero-order valence-corrected chi connectivity index (χ0v) is 13.5. The van der Waals surface area contributed by atoms with Crippen molar-refractivity contribution >= 4 is 23.0 Å². The second kappa shape index (κ2) is 6.40. The number of carboxylic acids is 1. The summed E-state index contributed by atoms with van der Waals surface area (Å²) in [6.45, 7) is 0.137. The quantitative estimate of drug-likeness (QED) is 0.721. The summed E-state index contributed by atoms with van der Waals surface area (Å²) in [5, 5.41) is 11.9. The van der Waals surface area contributed by atoms with E-state index in [9.17, 15) is 14.7 Å². The van der Waals surface area contributed by atoms with Gasteiger partial charge in [-0.2, -0.15) is 0 Å². The predicted octanol–water partition coefficient (Wildman–Crippen LogP) is 1.98. The number of furan rings is 1. The van der Waals surface area contributed by atoms with Crippen molar-refractivity contribution in [2.24, 2.45) is 0 Å². The Morgan fingerprint density at radius 3 is 2.85 bits per heavy atom. The van der Waals surface area contributed by atoms with Crippen molar-refractivity contribution < 1.29 is 28.6 Å². The molecule has 3 heterocycles. The van der Waals surface area contributed by atoms with Crippen LogP contribution < -0.4 is 14.8 Å². The van der Waals surface area contributed by atoms with E-state index in [0.717, 1.165) is 0 Å². The first-order valence-corrected chi connectivity index (χ1v) is 7.87. The van der Waals surface area contributed by atoms with Crippen molar-refractivity contribution in [1.82, 2.24) is 10.3 Å². The molecule has 8 nitrogen and oxygen atoms in total. The van der Waals surface area contributed by atoms with Crippen LogP contribution in [-0.4, -0.2) is 34.8 Å². The molecule has 1 aromatic carbocycles. The van der Waals surface area contributed by atoms with Crippen molar-refractivity contribution in [1.29, 1.82) is 0 Å². The molecule has 8 heteroatoms. The maximum atomic E-state index is 12.4. The van der Waals surface area contributed by atoms with Gasteiger partial charge in [-0.1, -0.05) is 6.07 Å². The molecule has 0 fully saturated rings. The van der Waals surface area contributed by atoms with Crippen LogP contribution in [-0.2, 0) is 11.2 Å². The summed E-state index contributed by atoms with van der Waals surface area (Å²) >= 11 is 0. The molecule has 132 valence electrons. The van der Waals surface area contributed by atoms with Gasteiger partial charge in [0.2, 0.25) is 6.79 Å². The molecule has 4 rings (SSSR count). The van der Waals surface area contributed by atoms with E-state index in [1.165, 1.54) is 6.07 Å². The Bertz CT molecular complexity index is 963. The lowest BCUT2D eigenvalue weighted by Gasteiger charge is -2.14. The molecule has 0 radical (unpaired) electrons. The molecular weight excluding hydrogens is 340 g/mol. The topological polar surface area (TPSA) is 111 Å². The molecule has 1 aliphatic rings. The monoisotopic (exact) mass is 354 g/mol. The molecule has 0 saturated carbocycles. The van der Waals surface area contributed by atoms with Crippen LogP contribution in [0.1, 0.15) is 16.1 Å². The fraction of sp³-hybridized carbons (Fsp3) is 0.167. The number of aliphatic carboxylic acids is 1. The van der Waals surface area contributed by atoms with Gasteiger partial charge >= 0.3 is 5.97 Å². The number of ether oxygens (including phenoxy) is 2. The van der Waals surface area contributed by atoms with E-state index in [4.69, 9.17) is 13.9 Å². The lowest BCUT2D eigenvalue weighted by Crippen LogP contribution is -2.42. The van der Waals surface area contributed by atoms with E-state index in [1.807, 2.05) is 0 Å². The van der Waals surface area contributed by atoms with E-state index in [-0.39, 0.29) is 19.0 Å². The minimum atomic E-state index is -1.15. The van der Waals surface area contributed by atoms with Gasteiger partial charge in [0, 0.05) is 18.7 Å². The zero-order chi connectivity index (χ0) is 18.1. The number of aromatic nitrogens is 1. The van der Waals surface area contributed by atoms with Crippen LogP contribution in [0.25, 0.3) is 11.1 Å².